The molecule has 5 heteroatoms. The average molecular weight is 418 g/mol. The van der Waals surface area contributed by atoms with Crippen molar-refractivity contribution in [1.82, 2.24) is 0 Å². The van der Waals surface area contributed by atoms with Crippen LogP contribution in [0.1, 0.15) is 22.8 Å². The normalized spacial score (nSPS) is 10.4. The highest BCUT2D eigenvalue weighted by Gasteiger charge is 2.10. The van der Waals surface area contributed by atoms with E-state index in [9.17, 15) is 4.79 Å². The lowest BCUT2D eigenvalue weighted by molar-refractivity contribution is 0.102. The molecule has 0 atom stereocenters. The van der Waals surface area contributed by atoms with E-state index in [1.165, 1.54) is 0 Å². The van der Waals surface area contributed by atoms with E-state index in [1.807, 2.05) is 18.2 Å². The molecule has 0 aliphatic carbocycles. The van der Waals surface area contributed by atoms with E-state index in [1.54, 1.807) is 18.2 Å². The standard InChI is InChI=1S/C15H12Br2ClNO/c1-2-9-7-11(16)4-6-14(9)19-15(20)10-3-5-13(18)12(17)8-10/h3-8H,2H2,1H3,(H,19,20). The van der Waals surface area contributed by atoms with Crippen LogP contribution in [0.25, 0.3) is 0 Å². The first kappa shape index (κ1) is 15.5. The highest BCUT2D eigenvalue weighted by Crippen LogP contribution is 2.25. The second kappa shape index (κ2) is 6.74. The Morgan fingerprint density at radius 2 is 1.95 bits per heavy atom. The number of rotatable bonds is 3. The van der Waals surface area contributed by atoms with Gasteiger partial charge in [-0.25, -0.2) is 0 Å². The van der Waals surface area contributed by atoms with E-state index >= 15 is 0 Å². The summed E-state index contributed by atoms with van der Waals surface area (Å²) < 4.78 is 1.71. The van der Waals surface area contributed by atoms with E-state index < -0.39 is 0 Å². The van der Waals surface area contributed by atoms with Gasteiger partial charge in [0.05, 0.1) is 5.02 Å². The van der Waals surface area contributed by atoms with Crippen LogP contribution in [0.4, 0.5) is 5.69 Å². The maximum absolute atomic E-state index is 12.2. The summed E-state index contributed by atoms with van der Waals surface area (Å²) in [6.45, 7) is 2.05. The molecule has 20 heavy (non-hydrogen) atoms. The summed E-state index contributed by atoms with van der Waals surface area (Å²) in [5.41, 5.74) is 2.47. The third-order valence-electron chi connectivity index (χ3n) is 2.88. The fourth-order valence-corrected chi connectivity index (χ4v) is 2.71. The van der Waals surface area contributed by atoms with Crippen LogP contribution in [0, 0.1) is 0 Å². The van der Waals surface area contributed by atoms with Crippen LogP contribution in [0.5, 0.6) is 0 Å². The molecule has 0 aliphatic heterocycles. The lowest BCUT2D eigenvalue weighted by Gasteiger charge is -2.11. The lowest BCUT2D eigenvalue weighted by atomic mass is 10.1. The number of halogens is 3. The van der Waals surface area contributed by atoms with Crippen molar-refractivity contribution in [3.63, 3.8) is 0 Å². The van der Waals surface area contributed by atoms with Gasteiger partial charge < -0.3 is 5.32 Å². The predicted molar refractivity (Wildman–Crippen MR) is 90.6 cm³/mol. The Kier molecular flexibility index (Phi) is 5.24. The third kappa shape index (κ3) is 3.62. The molecule has 0 fully saturated rings. The van der Waals surface area contributed by atoms with Crippen molar-refractivity contribution in [2.24, 2.45) is 0 Å². The average Bonchev–Trinajstić information content (AvgIpc) is 2.43. The smallest absolute Gasteiger partial charge is 0.255 e. The number of aryl methyl sites for hydroxylation is 1. The van der Waals surface area contributed by atoms with Crippen LogP contribution in [-0.4, -0.2) is 5.91 Å². The Morgan fingerprint density at radius 1 is 1.20 bits per heavy atom. The number of anilines is 1. The molecular weight excluding hydrogens is 405 g/mol. The number of hydrogen-bond donors (Lipinski definition) is 1. The minimum absolute atomic E-state index is 0.153. The molecule has 0 aromatic heterocycles. The van der Waals surface area contributed by atoms with Crippen LogP contribution in [0.3, 0.4) is 0 Å². The van der Waals surface area contributed by atoms with Gasteiger partial charge in [0.1, 0.15) is 0 Å². The molecule has 0 spiro atoms. The van der Waals surface area contributed by atoms with Crippen LogP contribution in [0.2, 0.25) is 5.02 Å². The molecule has 2 aromatic rings. The number of carbonyl (C=O) groups excluding carboxylic acids is 1. The highest BCUT2D eigenvalue weighted by molar-refractivity contribution is 9.10. The van der Waals surface area contributed by atoms with Crippen molar-refractivity contribution >= 4 is 55.1 Å². The summed E-state index contributed by atoms with van der Waals surface area (Å²) in [5, 5.41) is 3.51. The first-order valence-electron chi connectivity index (χ1n) is 6.06. The number of nitrogens with one attached hydrogen (secondary N) is 1. The molecular formula is C15H12Br2ClNO. The van der Waals surface area contributed by atoms with Crippen molar-refractivity contribution in [1.29, 1.82) is 0 Å². The Hall–Kier alpha value is -0.840. The summed E-state index contributed by atoms with van der Waals surface area (Å²) in [4.78, 5) is 12.2. The minimum atomic E-state index is -0.153. The van der Waals surface area contributed by atoms with Crippen LogP contribution < -0.4 is 5.32 Å². The maximum atomic E-state index is 12.2. The van der Waals surface area contributed by atoms with Crippen LogP contribution in [0.15, 0.2) is 45.3 Å². The fraction of sp³-hybridized carbons (Fsp3) is 0.133. The van der Waals surface area contributed by atoms with Gasteiger partial charge in [0.15, 0.2) is 0 Å². The second-order valence-corrected chi connectivity index (χ2v) is 6.42. The molecule has 104 valence electrons. The van der Waals surface area contributed by atoms with Crippen molar-refractivity contribution < 1.29 is 4.79 Å². The van der Waals surface area contributed by atoms with Crippen molar-refractivity contribution in [2.75, 3.05) is 5.32 Å². The summed E-state index contributed by atoms with van der Waals surface area (Å²) in [6.07, 6.45) is 0.847. The fourth-order valence-electron chi connectivity index (χ4n) is 1.81. The molecule has 2 nitrogen and oxygen atoms in total. The number of carbonyl (C=O) groups is 1. The molecule has 1 N–H and O–H groups in total. The molecule has 0 radical (unpaired) electrons. The maximum Gasteiger partial charge on any atom is 0.255 e. The minimum Gasteiger partial charge on any atom is -0.322 e. The summed E-state index contributed by atoms with van der Waals surface area (Å²) in [5.74, 6) is -0.153. The van der Waals surface area contributed by atoms with Gasteiger partial charge in [0, 0.05) is 20.2 Å². The quantitative estimate of drug-likeness (QED) is 0.684. The first-order valence-corrected chi connectivity index (χ1v) is 8.02. The number of amides is 1. The second-order valence-electron chi connectivity index (χ2n) is 4.24. The molecule has 0 heterocycles. The summed E-state index contributed by atoms with van der Waals surface area (Å²) in [6, 6.07) is 10.9. The van der Waals surface area contributed by atoms with Gasteiger partial charge >= 0.3 is 0 Å². The van der Waals surface area contributed by atoms with Gasteiger partial charge in [-0.2, -0.15) is 0 Å². The predicted octanol–water partition coefficient (Wildman–Crippen LogP) is 5.68. The van der Waals surface area contributed by atoms with E-state index in [4.69, 9.17) is 11.6 Å². The molecule has 0 saturated heterocycles. The van der Waals surface area contributed by atoms with E-state index in [-0.39, 0.29) is 5.91 Å². The van der Waals surface area contributed by atoms with Gasteiger partial charge in [-0.1, -0.05) is 34.5 Å². The molecule has 2 aromatic carbocycles. The Balaban J connectivity index is 2.25. The molecule has 2 rings (SSSR count). The van der Waals surface area contributed by atoms with Gasteiger partial charge in [-0.3, -0.25) is 4.79 Å². The lowest BCUT2D eigenvalue weighted by Crippen LogP contribution is -2.13. The first-order chi connectivity index (χ1) is 9.51. The zero-order chi connectivity index (χ0) is 14.7. The van der Waals surface area contributed by atoms with Crippen molar-refractivity contribution in [3.8, 4) is 0 Å². The summed E-state index contributed by atoms with van der Waals surface area (Å²) in [7, 11) is 0. The van der Waals surface area contributed by atoms with Crippen molar-refractivity contribution in [3.05, 3.63) is 61.5 Å². The SMILES string of the molecule is CCc1cc(Br)ccc1NC(=O)c1ccc(Cl)c(Br)c1. The van der Waals surface area contributed by atoms with Gasteiger partial charge in [0.25, 0.3) is 5.91 Å². The molecule has 0 bridgehead atoms. The topological polar surface area (TPSA) is 29.1 Å². The Morgan fingerprint density at radius 3 is 2.60 bits per heavy atom. The van der Waals surface area contributed by atoms with Gasteiger partial charge in [-0.05, 0) is 64.3 Å². The Labute approximate surface area is 139 Å². The monoisotopic (exact) mass is 415 g/mol. The summed E-state index contributed by atoms with van der Waals surface area (Å²) >= 11 is 12.7. The van der Waals surface area contributed by atoms with Gasteiger partial charge in [-0.15, -0.1) is 0 Å². The third-order valence-corrected chi connectivity index (χ3v) is 4.59. The van der Waals surface area contributed by atoms with E-state index in [2.05, 4.69) is 44.1 Å². The van der Waals surface area contributed by atoms with Crippen LogP contribution >= 0.6 is 43.5 Å². The number of hydrogen-bond acceptors (Lipinski definition) is 1. The highest BCUT2D eigenvalue weighted by atomic mass is 79.9. The number of benzene rings is 2. The molecule has 1 amide bonds. The Bertz CT molecular complexity index is 658. The zero-order valence-corrected chi connectivity index (χ0v) is 14.6. The molecule has 0 aliphatic rings. The van der Waals surface area contributed by atoms with Crippen LogP contribution in [-0.2, 0) is 6.42 Å². The molecule has 0 saturated carbocycles. The largest absolute Gasteiger partial charge is 0.322 e. The van der Waals surface area contributed by atoms with Crippen molar-refractivity contribution in [2.45, 2.75) is 13.3 Å². The van der Waals surface area contributed by atoms with E-state index in [0.29, 0.717) is 15.1 Å². The zero-order valence-electron chi connectivity index (χ0n) is 10.7. The van der Waals surface area contributed by atoms with Gasteiger partial charge in [0.2, 0.25) is 0 Å². The van der Waals surface area contributed by atoms with E-state index in [0.717, 1.165) is 22.1 Å². The molecule has 0 unspecified atom stereocenters.